The quantitative estimate of drug-likeness (QED) is 0.0650. The van der Waals surface area contributed by atoms with E-state index < -0.39 is 40.3 Å². The molecule has 0 aliphatic rings. The summed E-state index contributed by atoms with van der Waals surface area (Å²) < 4.78 is 122. The van der Waals surface area contributed by atoms with Crippen molar-refractivity contribution in [3.05, 3.63) is 250 Å². The lowest BCUT2D eigenvalue weighted by Crippen LogP contribution is -2.54. The number of halogens is 6. The van der Waals surface area contributed by atoms with Crippen molar-refractivity contribution >= 4 is 28.7 Å². The van der Waals surface area contributed by atoms with Crippen molar-refractivity contribution in [1.29, 1.82) is 0 Å². The van der Waals surface area contributed by atoms with Crippen molar-refractivity contribution in [1.82, 2.24) is 0 Å². The molecule has 0 fully saturated rings. The van der Waals surface area contributed by atoms with Crippen LogP contribution < -0.4 is 9.47 Å². The monoisotopic (exact) mass is 1000 g/mol. The summed E-state index contributed by atoms with van der Waals surface area (Å²) in [6.45, 7) is 3.76. The Labute approximate surface area is 413 Å². The van der Waals surface area contributed by atoms with E-state index in [9.17, 15) is 44.9 Å². The average molecular weight is 1000 g/mol. The minimum absolute atomic E-state index is 0.0277. The molecule has 1 atom stereocenters. The second-order valence-electron chi connectivity index (χ2n) is 16.3. The number of hydrogen-bond acceptors (Lipinski definition) is 7. The molecule has 0 saturated heterocycles. The minimum Gasteiger partial charge on any atom is -0.457 e. The molecule has 366 valence electrons. The summed E-state index contributed by atoms with van der Waals surface area (Å²) in [6.07, 6.45) is -11.7. The maximum Gasteiger partial charge on any atom is 0.411 e. The van der Waals surface area contributed by atoms with Crippen LogP contribution in [0.2, 0.25) is 0 Å². The van der Waals surface area contributed by atoms with Crippen LogP contribution in [0.4, 0.5) is 26.3 Å². The fourth-order valence-electron chi connectivity index (χ4n) is 7.79. The van der Waals surface area contributed by atoms with Gasteiger partial charge < -0.3 is 9.47 Å². The van der Waals surface area contributed by atoms with E-state index in [1.807, 2.05) is 38.1 Å². The molecule has 1 N–H and O–H groups in total. The topological polar surface area (TPSA) is 116 Å². The van der Waals surface area contributed by atoms with Crippen molar-refractivity contribution in [3.8, 4) is 34.1 Å². The van der Waals surface area contributed by atoms with Crippen LogP contribution in [0.3, 0.4) is 0 Å². The summed E-state index contributed by atoms with van der Waals surface area (Å²) in [7, 11) is 1.15. The van der Waals surface area contributed by atoms with Crippen LogP contribution in [0.15, 0.2) is 194 Å². The van der Waals surface area contributed by atoms with Crippen LogP contribution in [0.1, 0.15) is 70.0 Å². The molecule has 0 spiro atoms. The average Bonchev–Trinajstić information content (AvgIpc) is 3.37. The van der Waals surface area contributed by atoms with E-state index in [2.05, 4.69) is 4.18 Å². The smallest absolute Gasteiger partial charge is 0.411 e. The van der Waals surface area contributed by atoms with Gasteiger partial charge in [-0.15, -0.1) is 0 Å². The number of benzene rings is 8. The van der Waals surface area contributed by atoms with Crippen LogP contribution in [0.5, 0.6) is 23.0 Å². The minimum atomic E-state index is -5.83. The number of ether oxygens (including phenoxy) is 2. The van der Waals surface area contributed by atoms with E-state index >= 15 is 0 Å². The number of alkyl halides is 6. The first kappa shape index (κ1) is 51.9. The van der Waals surface area contributed by atoms with E-state index in [0.29, 0.717) is 33.4 Å². The van der Waals surface area contributed by atoms with Gasteiger partial charge in [-0.2, -0.15) is 30.6 Å². The van der Waals surface area contributed by atoms with Gasteiger partial charge in [-0.25, -0.2) is 0 Å². The van der Waals surface area contributed by atoms with E-state index in [1.165, 1.54) is 48.5 Å². The summed E-state index contributed by atoms with van der Waals surface area (Å²) in [4.78, 5) is 39.5. The third kappa shape index (κ3) is 11.6. The van der Waals surface area contributed by atoms with Crippen molar-refractivity contribution < 1.29 is 63.1 Å². The molecule has 0 saturated carbocycles. The summed E-state index contributed by atoms with van der Waals surface area (Å²) in [5.41, 5.74) is -0.484. The van der Waals surface area contributed by atoms with Crippen LogP contribution in [-0.4, -0.2) is 45.6 Å². The molecule has 0 bridgehead atoms. The Kier molecular flexibility index (Phi) is 15.8. The lowest BCUT2D eigenvalue weighted by Gasteiger charge is -2.38. The first-order valence-electron chi connectivity index (χ1n) is 21.8. The van der Waals surface area contributed by atoms with Crippen molar-refractivity contribution in [2.75, 3.05) is 7.11 Å². The van der Waals surface area contributed by atoms with Gasteiger partial charge >= 0.3 is 23.7 Å². The lowest BCUT2D eigenvalue weighted by atomic mass is 9.73. The summed E-state index contributed by atoms with van der Waals surface area (Å²) >= 11 is -2.07. The Morgan fingerprint density at radius 3 is 1.15 bits per heavy atom. The molecule has 0 heterocycles. The van der Waals surface area contributed by atoms with Crippen LogP contribution in [-0.2, 0) is 21.0 Å². The largest absolute Gasteiger partial charge is 0.457 e. The zero-order valence-electron chi connectivity index (χ0n) is 38.5. The highest BCUT2D eigenvalue weighted by Crippen LogP contribution is 2.56. The highest BCUT2D eigenvalue weighted by atomic mass is 32.2. The van der Waals surface area contributed by atoms with Gasteiger partial charge in [0.2, 0.25) is 5.41 Å². The highest BCUT2D eigenvalue weighted by molar-refractivity contribution is 7.74. The molecule has 0 aliphatic carbocycles. The Hall–Kier alpha value is -7.98. The molecular formula is C57H42F6O8S. The van der Waals surface area contributed by atoms with Crippen LogP contribution >= 0.6 is 0 Å². The first-order valence-corrected chi connectivity index (χ1v) is 22.8. The fourth-order valence-corrected chi connectivity index (χ4v) is 7.79. The van der Waals surface area contributed by atoms with Crippen LogP contribution in [0.25, 0.3) is 11.1 Å². The van der Waals surface area contributed by atoms with Gasteiger partial charge in [0.05, 0.1) is 7.11 Å². The summed E-state index contributed by atoms with van der Waals surface area (Å²) in [5.74, 6) is -0.314. The van der Waals surface area contributed by atoms with Gasteiger partial charge in [0.25, 0.3) is 0 Å². The molecule has 8 nitrogen and oxygen atoms in total. The maximum atomic E-state index is 15.0. The van der Waals surface area contributed by atoms with Gasteiger partial charge in [-0.3, -0.25) is 23.1 Å². The normalized spacial score (nSPS) is 12.0. The van der Waals surface area contributed by atoms with Gasteiger partial charge in [0.1, 0.15) is 23.0 Å². The van der Waals surface area contributed by atoms with Gasteiger partial charge in [0, 0.05) is 33.4 Å². The zero-order chi connectivity index (χ0) is 51.8. The molecule has 0 aromatic heterocycles. The lowest BCUT2D eigenvalue weighted by molar-refractivity contribution is -0.288. The van der Waals surface area contributed by atoms with Gasteiger partial charge in [0.15, 0.2) is 17.3 Å². The number of carbonyl (C=O) groups excluding carboxylic acids is 3. The molecule has 1 unspecified atom stereocenters. The van der Waals surface area contributed by atoms with E-state index in [1.54, 1.807) is 72.8 Å². The molecule has 15 heteroatoms. The molecule has 0 aliphatic heterocycles. The van der Waals surface area contributed by atoms with Crippen molar-refractivity contribution in [2.24, 2.45) is 0 Å². The standard InChI is InChI=1S/C56H38F6O5.CH4O3S/c1-35-8-11-39(12-9-35)51(63)41-18-26-46(27-19-41)66-48-30-22-44(23-31-48)54(55(57,58)59,56(60,61)62)45-24-32-49(33-25-45)67-47-28-20-42(21-29-47)52(64)40-16-14-37(15-17-40)43-13-10-36(2)50(34-43)53(65)38-6-4-3-5-7-38;1-4-5(2)3/h3-34H,1-2H3;1H3,(H,2,3). The fraction of sp³-hybridized carbons (Fsp3) is 0.105. The molecule has 72 heavy (non-hydrogen) atoms. The number of rotatable bonds is 14. The second kappa shape index (κ2) is 22.0. The predicted molar refractivity (Wildman–Crippen MR) is 261 cm³/mol. The van der Waals surface area contributed by atoms with E-state index in [-0.39, 0.29) is 40.3 Å². The number of carbonyl (C=O) groups is 3. The second-order valence-corrected chi connectivity index (χ2v) is 17.0. The molecule has 8 aromatic rings. The zero-order valence-corrected chi connectivity index (χ0v) is 39.3. The molecule has 8 rings (SSSR count). The molecule has 8 aromatic carbocycles. The SMILES string of the molecule is COS(=O)O.Cc1ccc(C(=O)c2ccc(Oc3ccc(C(c4ccc(Oc5ccc(C(=O)c6ccc(-c7ccc(C)c(C(=O)c8ccccc8)c7)cc6)cc5)cc4)(C(F)(F)F)C(F)(F)F)cc3)cc2)cc1. The number of hydrogen-bond donors (Lipinski definition) is 1. The third-order valence-corrected chi connectivity index (χ3v) is 11.9. The van der Waals surface area contributed by atoms with E-state index in [4.69, 9.17) is 14.0 Å². The van der Waals surface area contributed by atoms with Crippen molar-refractivity contribution in [3.63, 3.8) is 0 Å². The predicted octanol–water partition coefficient (Wildman–Crippen LogP) is 14.4. The molecule has 0 amide bonds. The van der Waals surface area contributed by atoms with Gasteiger partial charge in [-0.1, -0.05) is 121 Å². The Morgan fingerprint density at radius 2 is 0.778 bits per heavy atom. The molecule has 0 radical (unpaired) electrons. The Balaban J connectivity index is 0.00000145. The third-order valence-electron chi connectivity index (χ3n) is 11.6. The van der Waals surface area contributed by atoms with Gasteiger partial charge in [-0.05, 0) is 121 Å². The summed E-state index contributed by atoms with van der Waals surface area (Å²) in [5, 5.41) is 0. The Morgan fingerprint density at radius 1 is 0.444 bits per heavy atom. The Bertz CT molecular complexity index is 3180. The highest BCUT2D eigenvalue weighted by Gasteiger charge is 2.72. The van der Waals surface area contributed by atoms with E-state index in [0.717, 1.165) is 77.9 Å². The molecular weight excluding hydrogens is 959 g/mol. The number of ketones is 3. The van der Waals surface area contributed by atoms with Crippen molar-refractivity contribution in [2.45, 2.75) is 31.6 Å². The maximum absolute atomic E-state index is 15.0. The van der Waals surface area contributed by atoms with Crippen LogP contribution in [0, 0.1) is 13.8 Å². The first-order chi connectivity index (χ1) is 34.3. The summed E-state index contributed by atoms with van der Waals surface area (Å²) in [6, 6.07) is 47.4. The number of aryl methyl sites for hydroxylation is 2.